The minimum Gasteiger partial charge on any atom is -0.480 e. The second-order valence-corrected chi connectivity index (χ2v) is 8.34. The van der Waals surface area contributed by atoms with Crippen LogP contribution in [0.3, 0.4) is 0 Å². The summed E-state index contributed by atoms with van der Waals surface area (Å²) in [6.07, 6.45) is 1.73. The fraction of sp³-hybridized carbons (Fsp3) is 0.167. The molecule has 0 fully saturated rings. The van der Waals surface area contributed by atoms with Crippen LogP contribution in [0.2, 0.25) is 0 Å². The largest absolute Gasteiger partial charge is 0.480 e. The van der Waals surface area contributed by atoms with Crippen LogP contribution in [0.15, 0.2) is 41.4 Å². The number of halogens is 1. The van der Waals surface area contributed by atoms with Crippen molar-refractivity contribution in [3.63, 3.8) is 0 Å². The summed E-state index contributed by atoms with van der Waals surface area (Å²) in [5, 5.41) is 10.3. The van der Waals surface area contributed by atoms with Gasteiger partial charge in [-0.2, -0.15) is 4.37 Å². The molecule has 2 aromatic carbocycles. The summed E-state index contributed by atoms with van der Waals surface area (Å²) < 4.78 is 18.1. The highest BCUT2D eigenvalue weighted by molar-refractivity contribution is 8.01. The van der Waals surface area contributed by atoms with E-state index in [1.54, 1.807) is 26.1 Å². The summed E-state index contributed by atoms with van der Waals surface area (Å²) in [6, 6.07) is 8.16. The molecule has 4 nitrogen and oxygen atoms in total. The van der Waals surface area contributed by atoms with Crippen molar-refractivity contribution in [3.8, 4) is 11.1 Å². The Balaban J connectivity index is 2.23. The number of aliphatic carboxylic acids is 1. The lowest BCUT2D eigenvalue weighted by Crippen LogP contribution is -2.26. The molecule has 7 heteroatoms. The summed E-state index contributed by atoms with van der Waals surface area (Å²) in [5.41, 5.74) is 1.30. The average Bonchev–Trinajstić information content (AvgIpc) is 3.02. The van der Waals surface area contributed by atoms with Gasteiger partial charge in [-0.1, -0.05) is 18.2 Å². The number of carboxylic acid groups (broad SMARTS) is 1. The van der Waals surface area contributed by atoms with Gasteiger partial charge < -0.3 is 5.11 Å². The van der Waals surface area contributed by atoms with E-state index in [-0.39, 0.29) is 5.69 Å². The Labute approximate surface area is 152 Å². The van der Waals surface area contributed by atoms with Crippen molar-refractivity contribution in [1.82, 2.24) is 4.37 Å². The molecule has 0 unspecified atom stereocenters. The lowest BCUT2D eigenvalue weighted by Gasteiger charge is -2.21. The van der Waals surface area contributed by atoms with Crippen LogP contribution in [0, 0.1) is 12.4 Å². The highest BCUT2D eigenvalue weighted by Gasteiger charge is 2.30. The highest BCUT2D eigenvalue weighted by atomic mass is 32.2. The monoisotopic (exact) mass is 372 g/mol. The lowest BCUT2D eigenvalue weighted by atomic mass is 10.0. The number of hydrogen-bond donors (Lipinski definition) is 1. The molecule has 0 aliphatic rings. The maximum atomic E-state index is 14.1. The summed E-state index contributed by atoms with van der Waals surface area (Å²) in [7, 11) is 0. The Bertz CT molecular complexity index is 1020. The van der Waals surface area contributed by atoms with E-state index in [0.717, 1.165) is 20.5 Å². The van der Waals surface area contributed by atoms with Crippen LogP contribution in [-0.2, 0) is 4.79 Å². The van der Waals surface area contributed by atoms with E-state index in [0.29, 0.717) is 5.56 Å². The van der Waals surface area contributed by atoms with Crippen LogP contribution in [0.5, 0.6) is 0 Å². The molecule has 0 radical (unpaired) electrons. The number of carboxylic acids is 1. The number of nitrogens with zero attached hydrogens (tertiary/aromatic N) is 2. The fourth-order valence-corrected chi connectivity index (χ4v) is 4.32. The van der Waals surface area contributed by atoms with E-state index in [2.05, 4.69) is 9.22 Å². The van der Waals surface area contributed by atoms with E-state index >= 15 is 0 Å². The molecular weight excluding hydrogens is 359 g/mol. The SMILES string of the molecule is [C-]#[N+]c1ccc(-c2c(SC(C)(C)C(=O)O)ccc3cnsc23)cc1F. The molecule has 1 heterocycles. The van der Waals surface area contributed by atoms with Gasteiger partial charge in [-0.25, -0.2) is 9.24 Å². The van der Waals surface area contributed by atoms with Crippen LogP contribution >= 0.6 is 23.3 Å². The number of carbonyl (C=O) groups is 1. The quantitative estimate of drug-likeness (QED) is 0.478. The predicted octanol–water partition coefficient (Wildman–Crippen LogP) is 5.61. The Morgan fingerprint density at radius 2 is 2.12 bits per heavy atom. The molecule has 0 amide bonds. The van der Waals surface area contributed by atoms with Crippen LogP contribution in [-0.4, -0.2) is 20.2 Å². The number of rotatable bonds is 4. The van der Waals surface area contributed by atoms with Gasteiger partial charge in [0.25, 0.3) is 0 Å². The number of thioether (sulfide) groups is 1. The Morgan fingerprint density at radius 3 is 2.76 bits per heavy atom. The predicted molar refractivity (Wildman–Crippen MR) is 98.8 cm³/mol. The number of benzene rings is 2. The van der Waals surface area contributed by atoms with Crippen molar-refractivity contribution in [2.45, 2.75) is 23.5 Å². The molecule has 0 saturated carbocycles. The van der Waals surface area contributed by atoms with E-state index < -0.39 is 16.5 Å². The van der Waals surface area contributed by atoms with Gasteiger partial charge in [0.15, 0.2) is 0 Å². The molecule has 126 valence electrons. The zero-order valence-corrected chi connectivity index (χ0v) is 15.0. The summed E-state index contributed by atoms with van der Waals surface area (Å²) in [4.78, 5) is 15.4. The number of hydrogen-bond acceptors (Lipinski definition) is 4. The van der Waals surface area contributed by atoms with Crippen molar-refractivity contribution >= 4 is 45.0 Å². The topological polar surface area (TPSA) is 54.5 Å². The molecular formula is C18H13FN2O2S2. The van der Waals surface area contributed by atoms with Crippen molar-refractivity contribution in [3.05, 3.63) is 53.8 Å². The maximum absolute atomic E-state index is 14.1. The van der Waals surface area contributed by atoms with Gasteiger partial charge in [-0.05, 0) is 43.1 Å². The fourth-order valence-electron chi connectivity index (χ4n) is 2.35. The highest BCUT2D eigenvalue weighted by Crippen LogP contribution is 2.44. The molecule has 0 bridgehead atoms. The van der Waals surface area contributed by atoms with Crippen molar-refractivity contribution in [2.24, 2.45) is 0 Å². The van der Waals surface area contributed by atoms with Gasteiger partial charge in [-0.15, -0.1) is 11.8 Å². The first kappa shape index (κ1) is 17.4. The van der Waals surface area contributed by atoms with Crippen LogP contribution < -0.4 is 0 Å². The molecule has 25 heavy (non-hydrogen) atoms. The summed E-state index contributed by atoms with van der Waals surface area (Å²) in [6.45, 7) is 10.2. The average molecular weight is 372 g/mol. The second-order valence-electron chi connectivity index (χ2n) is 5.88. The first-order valence-corrected chi connectivity index (χ1v) is 8.89. The third kappa shape index (κ3) is 3.23. The Kier molecular flexibility index (Phi) is 4.50. The first-order valence-electron chi connectivity index (χ1n) is 7.30. The zero-order valence-electron chi connectivity index (χ0n) is 13.4. The van der Waals surface area contributed by atoms with Gasteiger partial charge in [0.05, 0.1) is 11.3 Å². The summed E-state index contributed by atoms with van der Waals surface area (Å²) >= 11 is 2.49. The lowest BCUT2D eigenvalue weighted by molar-refractivity contribution is -0.138. The van der Waals surface area contributed by atoms with E-state index in [9.17, 15) is 14.3 Å². The first-order chi connectivity index (χ1) is 11.8. The maximum Gasteiger partial charge on any atom is 0.319 e. The van der Waals surface area contributed by atoms with Crippen LogP contribution in [0.4, 0.5) is 10.1 Å². The minimum absolute atomic E-state index is 0.0414. The van der Waals surface area contributed by atoms with Crippen molar-refractivity contribution < 1.29 is 14.3 Å². The van der Waals surface area contributed by atoms with Gasteiger partial charge in [-0.3, -0.25) is 4.79 Å². The summed E-state index contributed by atoms with van der Waals surface area (Å²) in [5.74, 6) is -1.52. The van der Waals surface area contributed by atoms with Crippen molar-refractivity contribution in [1.29, 1.82) is 0 Å². The molecule has 3 rings (SSSR count). The standard InChI is InChI=1S/C18H13FN2O2S2/c1-18(2,17(22)23)24-14-7-5-11-9-21-25-16(11)15(14)10-4-6-13(20-3)12(19)8-10/h4-9H,1-2H3,(H,22,23). The number of fused-ring (bicyclic) bond motifs is 1. The van der Waals surface area contributed by atoms with Gasteiger partial charge in [0.1, 0.15) is 10.6 Å². The van der Waals surface area contributed by atoms with Crippen LogP contribution in [0.25, 0.3) is 26.1 Å². The van der Waals surface area contributed by atoms with Crippen LogP contribution in [0.1, 0.15) is 13.8 Å². The Hall–Kier alpha value is -2.43. The second kappa shape index (κ2) is 6.47. The normalized spacial score (nSPS) is 11.4. The van der Waals surface area contributed by atoms with Gasteiger partial charge in [0, 0.05) is 22.0 Å². The Morgan fingerprint density at radius 1 is 1.36 bits per heavy atom. The molecule has 0 atom stereocenters. The van der Waals surface area contributed by atoms with E-state index in [1.165, 1.54) is 35.4 Å². The smallest absolute Gasteiger partial charge is 0.319 e. The zero-order chi connectivity index (χ0) is 18.2. The molecule has 1 aromatic heterocycles. The van der Waals surface area contributed by atoms with E-state index in [1.807, 2.05) is 12.1 Å². The molecule has 0 aliphatic heterocycles. The molecule has 0 spiro atoms. The third-order valence-electron chi connectivity index (χ3n) is 3.72. The minimum atomic E-state index is -1.04. The molecule has 0 saturated heterocycles. The third-order valence-corrected chi connectivity index (χ3v) is 5.80. The van der Waals surface area contributed by atoms with Gasteiger partial charge in [0.2, 0.25) is 5.69 Å². The van der Waals surface area contributed by atoms with E-state index in [4.69, 9.17) is 6.57 Å². The molecule has 1 N–H and O–H groups in total. The molecule has 0 aliphatic carbocycles. The number of aromatic nitrogens is 1. The van der Waals surface area contributed by atoms with Gasteiger partial charge >= 0.3 is 5.97 Å². The van der Waals surface area contributed by atoms with Crippen molar-refractivity contribution in [2.75, 3.05) is 0 Å². The molecule has 3 aromatic rings.